The van der Waals surface area contributed by atoms with Gasteiger partial charge in [-0.3, -0.25) is 9.69 Å². The predicted molar refractivity (Wildman–Crippen MR) is 114 cm³/mol. The van der Waals surface area contributed by atoms with Crippen LogP contribution in [-0.4, -0.2) is 60.2 Å². The van der Waals surface area contributed by atoms with Crippen LogP contribution in [0.5, 0.6) is 5.75 Å². The van der Waals surface area contributed by atoms with Gasteiger partial charge >= 0.3 is 12.3 Å². The van der Waals surface area contributed by atoms with E-state index in [1.54, 1.807) is 32.0 Å². The molecule has 3 rings (SSSR count). The number of halogens is 3. The first kappa shape index (κ1) is 25.0. The molecule has 0 radical (unpaired) electrons. The lowest BCUT2D eigenvalue weighted by Gasteiger charge is -2.43. The van der Waals surface area contributed by atoms with Gasteiger partial charge in [0.05, 0.1) is 11.3 Å². The first-order valence-corrected chi connectivity index (χ1v) is 11.7. The molecule has 180 valence electrons. The first-order chi connectivity index (χ1) is 15.3. The van der Waals surface area contributed by atoms with Crippen molar-refractivity contribution in [2.75, 3.05) is 13.1 Å². The van der Waals surface area contributed by atoms with Crippen molar-refractivity contribution in [3.8, 4) is 5.75 Å². The van der Waals surface area contributed by atoms with Crippen LogP contribution in [0.2, 0.25) is 0 Å². The Morgan fingerprint density at radius 1 is 1.06 bits per heavy atom. The third-order valence-electron chi connectivity index (χ3n) is 5.31. The number of piperazine rings is 1. The van der Waals surface area contributed by atoms with E-state index in [9.17, 15) is 26.4 Å². The van der Waals surface area contributed by atoms with Crippen molar-refractivity contribution in [1.29, 1.82) is 0 Å². The minimum atomic E-state index is -4.75. The summed E-state index contributed by atoms with van der Waals surface area (Å²) in [5, 5.41) is 8.99. The molecule has 0 spiro atoms. The number of nitrogens with zero attached hydrogens (tertiary/aromatic N) is 2. The van der Waals surface area contributed by atoms with Gasteiger partial charge in [0.25, 0.3) is 0 Å². The zero-order valence-corrected chi connectivity index (χ0v) is 18.9. The number of aliphatic carboxylic acids is 1. The van der Waals surface area contributed by atoms with E-state index in [2.05, 4.69) is 4.74 Å². The van der Waals surface area contributed by atoms with Crippen molar-refractivity contribution < 1.29 is 36.2 Å². The highest BCUT2D eigenvalue weighted by Crippen LogP contribution is 2.28. The van der Waals surface area contributed by atoms with E-state index in [1.165, 1.54) is 34.6 Å². The average molecular weight is 487 g/mol. The maximum atomic E-state index is 13.3. The summed E-state index contributed by atoms with van der Waals surface area (Å²) in [6, 6.07) is 10.8. The van der Waals surface area contributed by atoms with Gasteiger partial charge in [0.2, 0.25) is 10.0 Å². The molecule has 1 fully saturated rings. The zero-order valence-electron chi connectivity index (χ0n) is 18.1. The van der Waals surface area contributed by atoms with E-state index in [1.807, 2.05) is 4.90 Å². The zero-order chi connectivity index (χ0) is 24.4. The summed E-state index contributed by atoms with van der Waals surface area (Å²) in [7, 11) is -3.85. The van der Waals surface area contributed by atoms with Crippen LogP contribution in [0.15, 0.2) is 53.4 Å². The highest BCUT2D eigenvalue weighted by atomic mass is 32.2. The summed E-state index contributed by atoms with van der Waals surface area (Å²) in [6.45, 7) is 4.89. The molecule has 1 N–H and O–H groups in total. The number of ether oxygens (including phenoxy) is 1. The van der Waals surface area contributed by atoms with Crippen LogP contribution in [0.4, 0.5) is 13.2 Å². The molecule has 0 aliphatic carbocycles. The van der Waals surface area contributed by atoms with Crippen LogP contribution in [0.3, 0.4) is 0 Å². The molecule has 2 atom stereocenters. The van der Waals surface area contributed by atoms with Gasteiger partial charge in [0.15, 0.2) is 0 Å². The third-order valence-corrected chi connectivity index (χ3v) is 7.43. The maximum absolute atomic E-state index is 13.3. The minimum Gasteiger partial charge on any atom is -0.481 e. The maximum Gasteiger partial charge on any atom is 0.573 e. The van der Waals surface area contributed by atoms with E-state index in [4.69, 9.17) is 5.11 Å². The fraction of sp³-hybridized carbons (Fsp3) is 0.409. The monoisotopic (exact) mass is 486 g/mol. The number of alkyl halides is 3. The first-order valence-electron chi connectivity index (χ1n) is 10.3. The minimum absolute atomic E-state index is 0.0497. The van der Waals surface area contributed by atoms with Crippen LogP contribution >= 0.6 is 0 Å². The molecule has 2 aromatic rings. The Bertz CT molecular complexity index is 1080. The second-order valence-electron chi connectivity index (χ2n) is 8.14. The summed E-state index contributed by atoms with van der Waals surface area (Å²) >= 11 is 0. The lowest BCUT2D eigenvalue weighted by molar-refractivity contribution is -0.274. The molecular formula is C22H25F3N2O5S. The van der Waals surface area contributed by atoms with Crippen molar-refractivity contribution in [2.24, 2.45) is 0 Å². The molecule has 0 aromatic heterocycles. The normalized spacial score (nSPS) is 20.5. The number of carboxylic acid groups (broad SMARTS) is 1. The van der Waals surface area contributed by atoms with E-state index >= 15 is 0 Å². The van der Waals surface area contributed by atoms with Gasteiger partial charge in [-0.15, -0.1) is 13.2 Å². The molecule has 0 saturated carbocycles. The van der Waals surface area contributed by atoms with Crippen molar-refractivity contribution in [1.82, 2.24) is 9.21 Å². The number of hydrogen-bond acceptors (Lipinski definition) is 5. The fourth-order valence-corrected chi connectivity index (χ4v) is 6.06. The number of benzene rings is 2. The average Bonchev–Trinajstić information content (AvgIpc) is 2.67. The van der Waals surface area contributed by atoms with Gasteiger partial charge in [-0.2, -0.15) is 4.31 Å². The van der Waals surface area contributed by atoms with Crippen LogP contribution in [-0.2, 0) is 27.8 Å². The molecule has 0 bridgehead atoms. The molecule has 1 heterocycles. The Balaban J connectivity index is 1.70. The molecule has 1 aliphatic rings. The molecule has 2 aromatic carbocycles. The SMILES string of the molecule is CC1CN(Cc2ccc(OC(F)(F)F)cc2)CC(C)N1S(=O)(=O)c1cccc(CC(=O)O)c1. The van der Waals surface area contributed by atoms with Crippen LogP contribution < -0.4 is 4.74 Å². The van der Waals surface area contributed by atoms with Crippen LogP contribution in [0, 0.1) is 0 Å². The van der Waals surface area contributed by atoms with Gasteiger partial charge < -0.3 is 9.84 Å². The highest BCUT2D eigenvalue weighted by molar-refractivity contribution is 7.89. The Kier molecular flexibility index (Phi) is 7.35. The largest absolute Gasteiger partial charge is 0.573 e. The lowest BCUT2D eigenvalue weighted by Crippen LogP contribution is -2.58. The molecule has 33 heavy (non-hydrogen) atoms. The Morgan fingerprint density at radius 2 is 1.67 bits per heavy atom. The molecule has 7 nitrogen and oxygen atoms in total. The third kappa shape index (κ3) is 6.46. The van der Waals surface area contributed by atoms with Gasteiger partial charge in [-0.25, -0.2) is 8.42 Å². The van der Waals surface area contributed by atoms with Crippen molar-refractivity contribution in [3.63, 3.8) is 0 Å². The Morgan fingerprint density at radius 3 is 2.21 bits per heavy atom. The molecular weight excluding hydrogens is 461 g/mol. The predicted octanol–water partition coefficient (Wildman–Crippen LogP) is 3.50. The number of hydrogen-bond donors (Lipinski definition) is 1. The van der Waals surface area contributed by atoms with Gasteiger partial charge in [-0.1, -0.05) is 24.3 Å². The quantitative estimate of drug-likeness (QED) is 0.645. The van der Waals surface area contributed by atoms with E-state index in [0.717, 1.165) is 5.56 Å². The molecule has 1 saturated heterocycles. The summed E-state index contributed by atoms with van der Waals surface area (Å²) in [5.41, 5.74) is 1.18. The molecule has 1 aliphatic heterocycles. The number of carbonyl (C=O) groups is 1. The topological polar surface area (TPSA) is 87.2 Å². The smallest absolute Gasteiger partial charge is 0.481 e. The van der Waals surface area contributed by atoms with E-state index in [-0.39, 0.29) is 29.1 Å². The summed E-state index contributed by atoms with van der Waals surface area (Å²) < 4.78 is 68.9. The number of sulfonamides is 1. The Hall–Kier alpha value is -2.63. The van der Waals surface area contributed by atoms with Crippen molar-refractivity contribution in [3.05, 3.63) is 59.7 Å². The summed E-state index contributed by atoms with van der Waals surface area (Å²) in [4.78, 5) is 13.1. The lowest BCUT2D eigenvalue weighted by atomic mass is 10.1. The van der Waals surface area contributed by atoms with Gasteiger partial charge in [-0.05, 0) is 49.2 Å². The standard InChI is InChI=1S/C22H25F3N2O5S/c1-15-12-26(14-17-6-8-19(9-7-17)32-22(23,24)25)13-16(2)27(15)33(30,31)20-5-3-4-18(10-20)11-21(28)29/h3-10,15-16H,11-14H2,1-2H3,(H,28,29). The second-order valence-corrected chi connectivity index (χ2v) is 9.98. The molecule has 11 heteroatoms. The van der Waals surface area contributed by atoms with Crippen LogP contribution in [0.25, 0.3) is 0 Å². The van der Waals surface area contributed by atoms with Gasteiger partial charge in [0.1, 0.15) is 5.75 Å². The van der Waals surface area contributed by atoms with Crippen LogP contribution in [0.1, 0.15) is 25.0 Å². The Labute approximate surface area is 190 Å². The highest BCUT2D eigenvalue weighted by Gasteiger charge is 2.38. The second kappa shape index (κ2) is 9.70. The molecule has 2 unspecified atom stereocenters. The van der Waals surface area contributed by atoms with Gasteiger partial charge in [0, 0.05) is 31.7 Å². The van der Waals surface area contributed by atoms with Crippen molar-refractivity contribution in [2.45, 2.75) is 50.2 Å². The van der Waals surface area contributed by atoms with E-state index < -0.39 is 22.4 Å². The fourth-order valence-electron chi connectivity index (χ4n) is 4.19. The van der Waals surface area contributed by atoms with Crippen molar-refractivity contribution >= 4 is 16.0 Å². The number of carboxylic acids is 1. The summed E-state index contributed by atoms with van der Waals surface area (Å²) in [5.74, 6) is -1.34. The summed E-state index contributed by atoms with van der Waals surface area (Å²) in [6.07, 6.45) is -5.02. The van der Waals surface area contributed by atoms with E-state index in [0.29, 0.717) is 25.2 Å². The molecule has 0 amide bonds. The number of rotatable bonds is 7.